The van der Waals surface area contributed by atoms with Crippen LogP contribution in [0.15, 0.2) is 41.9 Å². The average Bonchev–Trinajstić information content (AvgIpc) is 2.59. The van der Waals surface area contributed by atoms with Gasteiger partial charge in [0.25, 0.3) is 5.91 Å². The van der Waals surface area contributed by atoms with Crippen molar-refractivity contribution in [3.8, 4) is 0 Å². The van der Waals surface area contributed by atoms with Crippen molar-refractivity contribution in [2.24, 2.45) is 0 Å². The van der Waals surface area contributed by atoms with Crippen LogP contribution >= 0.6 is 0 Å². The summed E-state index contributed by atoms with van der Waals surface area (Å²) in [5, 5.41) is 5.96. The number of carbonyl (C=O) groups is 1. The van der Waals surface area contributed by atoms with Crippen LogP contribution in [-0.2, 0) is 9.84 Å². The van der Waals surface area contributed by atoms with Crippen LogP contribution in [0, 0.1) is 0 Å². The Morgan fingerprint density at radius 3 is 2.50 bits per heavy atom. The van der Waals surface area contributed by atoms with Crippen molar-refractivity contribution in [1.29, 1.82) is 0 Å². The van der Waals surface area contributed by atoms with Gasteiger partial charge in [0, 0.05) is 11.8 Å². The number of sulfone groups is 1. The number of hydrogen-bond donors (Lipinski definition) is 2. The second-order valence-corrected chi connectivity index (χ2v) is 5.20. The van der Waals surface area contributed by atoms with Gasteiger partial charge in [0.15, 0.2) is 0 Å². The van der Waals surface area contributed by atoms with E-state index in [0.717, 1.165) is 5.41 Å². The average molecular weight is 238 g/mol. The van der Waals surface area contributed by atoms with Gasteiger partial charge in [0.05, 0.1) is 5.41 Å². The molecule has 0 saturated carbocycles. The predicted molar refractivity (Wildman–Crippen MR) is 58.9 cm³/mol. The zero-order valence-electron chi connectivity index (χ0n) is 8.25. The van der Waals surface area contributed by atoms with Crippen molar-refractivity contribution >= 4 is 15.7 Å². The Morgan fingerprint density at radius 2 is 1.94 bits per heavy atom. The number of amides is 1. The van der Waals surface area contributed by atoms with E-state index in [4.69, 9.17) is 0 Å². The third-order valence-electron chi connectivity index (χ3n) is 2.13. The number of hydrogen-bond acceptors (Lipinski definition) is 4. The van der Waals surface area contributed by atoms with E-state index in [1.165, 1.54) is 6.20 Å². The first kappa shape index (κ1) is 10.7. The number of rotatable bonds is 2. The maximum atomic E-state index is 11.6. The molecule has 5 nitrogen and oxygen atoms in total. The molecule has 0 fully saturated rings. The molecule has 16 heavy (non-hydrogen) atoms. The molecule has 0 saturated heterocycles. The maximum Gasteiger partial charge on any atom is 0.253 e. The Morgan fingerprint density at radius 1 is 1.25 bits per heavy atom. The van der Waals surface area contributed by atoms with Gasteiger partial charge in [-0.25, -0.2) is 8.42 Å². The Labute approximate surface area is 93.1 Å². The molecule has 0 radical (unpaired) electrons. The lowest BCUT2D eigenvalue weighted by atomic mass is 10.2. The highest BCUT2D eigenvalue weighted by atomic mass is 32.2. The van der Waals surface area contributed by atoms with E-state index in [-0.39, 0.29) is 0 Å². The van der Waals surface area contributed by atoms with Crippen LogP contribution in [0.25, 0.3) is 0 Å². The van der Waals surface area contributed by atoms with Gasteiger partial charge < -0.3 is 10.6 Å². The van der Waals surface area contributed by atoms with Gasteiger partial charge in [-0.3, -0.25) is 4.79 Å². The number of nitrogens with one attached hydrogen (secondary N) is 2. The fourth-order valence-electron chi connectivity index (χ4n) is 1.31. The Bertz CT molecular complexity index is 522. The summed E-state index contributed by atoms with van der Waals surface area (Å²) in [6.07, 6.45) is 1.30. The second-order valence-electron chi connectivity index (χ2n) is 3.28. The molecule has 84 valence electrons. The highest BCUT2D eigenvalue weighted by molar-refractivity contribution is 7.95. The molecule has 1 aliphatic heterocycles. The molecule has 6 heteroatoms. The summed E-state index contributed by atoms with van der Waals surface area (Å²) in [5.41, 5.74) is -0.647. The third kappa shape index (κ3) is 2.06. The van der Waals surface area contributed by atoms with Gasteiger partial charge in [-0.15, -0.1) is 0 Å². The summed E-state index contributed by atoms with van der Waals surface area (Å²) in [7, 11) is -3.41. The molecule has 1 unspecified atom stereocenters. The van der Waals surface area contributed by atoms with Crippen LogP contribution < -0.4 is 10.6 Å². The lowest BCUT2D eigenvalue weighted by Gasteiger charge is -2.12. The normalized spacial score (nSPS) is 21.4. The summed E-state index contributed by atoms with van der Waals surface area (Å²) >= 11 is 0. The summed E-state index contributed by atoms with van der Waals surface area (Å²) in [6.45, 7) is 0. The van der Waals surface area contributed by atoms with Crippen LogP contribution in [0.1, 0.15) is 10.4 Å². The third-order valence-corrected chi connectivity index (χ3v) is 3.56. The summed E-state index contributed by atoms with van der Waals surface area (Å²) in [6, 6.07) is 8.44. The first-order valence-corrected chi connectivity index (χ1v) is 6.23. The lowest BCUT2D eigenvalue weighted by molar-refractivity contribution is 0.0946. The van der Waals surface area contributed by atoms with E-state index < -0.39 is 21.2 Å². The fourth-order valence-corrected chi connectivity index (χ4v) is 2.28. The first-order valence-electron chi connectivity index (χ1n) is 4.62. The van der Waals surface area contributed by atoms with Gasteiger partial charge in [0.2, 0.25) is 15.3 Å². The van der Waals surface area contributed by atoms with Gasteiger partial charge in [-0.05, 0) is 12.1 Å². The van der Waals surface area contributed by atoms with E-state index in [1.807, 2.05) is 0 Å². The molecule has 2 N–H and O–H groups in total. The second kappa shape index (κ2) is 3.97. The smallest absolute Gasteiger partial charge is 0.253 e. The summed E-state index contributed by atoms with van der Waals surface area (Å²) in [5.74, 6) is -0.426. The number of benzene rings is 1. The molecule has 0 bridgehead atoms. The molecule has 1 aliphatic rings. The molecule has 2 rings (SSSR count). The molecule has 1 atom stereocenters. The zero-order valence-corrected chi connectivity index (χ0v) is 9.07. The van der Waals surface area contributed by atoms with E-state index in [2.05, 4.69) is 10.6 Å². The van der Waals surface area contributed by atoms with E-state index in [1.54, 1.807) is 30.3 Å². The van der Waals surface area contributed by atoms with E-state index >= 15 is 0 Å². The monoisotopic (exact) mass is 238 g/mol. The Kier molecular flexibility index (Phi) is 2.66. The standard InChI is InChI=1S/C10H10N2O3S/c13-9(8-4-2-1-3-5-8)12-10-11-6-7-16(10,14)15/h1-7,10-11H,(H,12,13). The van der Waals surface area contributed by atoms with Gasteiger partial charge in [0.1, 0.15) is 0 Å². The molecule has 0 aromatic heterocycles. The van der Waals surface area contributed by atoms with Crippen LogP contribution in [0.4, 0.5) is 0 Å². The minimum Gasteiger partial charge on any atom is -0.358 e. The summed E-state index contributed by atoms with van der Waals surface area (Å²) < 4.78 is 22.7. The van der Waals surface area contributed by atoms with Gasteiger partial charge in [-0.1, -0.05) is 18.2 Å². The Balaban J connectivity index is 2.10. The SMILES string of the molecule is O=C(NC1NC=CS1(=O)=O)c1ccccc1. The van der Waals surface area contributed by atoms with Crippen LogP contribution in [-0.4, -0.2) is 19.8 Å². The molecule has 0 aliphatic carbocycles. The zero-order chi connectivity index (χ0) is 11.6. The molecule has 1 amide bonds. The minimum atomic E-state index is -3.41. The fraction of sp³-hybridized carbons (Fsp3) is 0.100. The molecular weight excluding hydrogens is 228 g/mol. The first-order chi connectivity index (χ1) is 7.59. The van der Waals surface area contributed by atoms with E-state index in [0.29, 0.717) is 5.56 Å². The van der Waals surface area contributed by atoms with Crippen molar-refractivity contribution < 1.29 is 13.2 Å². The topological polar surface area (TPSA) is 75.3 Å². The van der Waals surface area contributed by atoms with Crippen LogP contribution in [0.3, 0.4) is 0 Å². The molecular formula is C10H10N2O3S. The van der Waals surface area contributed by atoms with Crippen molar-refractivity contribution in [2.45, 2.75) is 5.50 Å². The maximum absolute atomic E-state index is 11.6. The Hall–Kier alpha value is -1.82. The highest BCUT2D eigenvalue weighted by Gasteiger charge is 2.27. The van der Waals surface area contributed by atoms with Crippen LogP contribution in [0.2, 0.25) is 0 Å². The highest BCUT2D eigenvalue weighted by Crippen LogP contribution is 2.06. The number of carbonyl (C=O) groups excluding carboxylic acids is 1. The molecule has 0 spiro atoms. The quantitative estimate of drug-likeness (QED) is 0.771. The summed E-state index contributed by atoms with van der Waals surface area (Å²) in [4.78, 5) is 11.6. The van der Waals surface area contributed by atoms with Gasteiger partial charge >= 0.3 is 0 Å². The lowest BCUT2D eigenvalue weighted by Crippen LogP contribution is -2.45. The molecule has 1 aromatic carbocycles. The van der Waals surface area contributed by atoms with E-state index in [9.17, 15) is 13.2 Å². The van der Waals surface area contributed by atoms with Gasteiger partial charge in [-0.2, -0.15) is 0 Å². The van der Waals surface area contributed by atoms with Crippen LogP contribution in [0.5, 0.6) is 0 Å². The van der Waals surface area contributed by atoms with Crippen molar-refractivity contribution in [3.05, 3.63) is 47.5 Å². The van der Waals surface area contributed by atoms with Crippen molar-refractivity contribution in [1.82, 2.24) is 10.6 Å². The predicted octanol–water partition coefficient (Wildman–Crippen LogP) is 0.189. The minimum absolute atomic E-state index is 0.423. The largest absolute Gasteiger partial charge is 0.358 e. The molecule has 1 aromatic rings. The molecule has 1 heterocycles. The van der Waals surface area contributed by atoms with Crippen molar-refractivity contribution in [2.75, 3.05) is 0 Å². The van der Waals surface area contributed by atoms with Crippen molar-refractivity contribution in [3.63, 3.8) is 0 Å².